The Morgan fingerprint density at radius 3 is 2.73 bits per heavy atom. The number of hydrogen-bond acceptors (Lipinski definition) is 2. The zero-order valence-corrected chi connectivity index (χ0v) is 15.9. The smallest absolute Gasteiger partial charge is 0.119 e. The first-order valence-corrected chi connectivity index (χ1v) is 9.86. The van der Waals surface area contributed by atoms with E-state index in [2.05, 4.69) is 72.5 Å². The Balaban J connectivity index is 1.75. The fraction of sp³-hybridized carbons (Fsp3) is 0.417. The lowest BCUT2D eigenvalue weighted by Crippen LogP contribution is -2.51. The molecule has 0 aromatic heterocycles. The van der Waals surface area contributed by atoms with Crippen LogP contribution in [0.5, 0.6) is 5.75 Å². The van der Waals surface area contributed by atoms with Crippen molar-refractivity contribution in [3.63, 3.8) is 0 Å². The van der Waals surface area contributed by atoms with E-state index in [1.165, 1.54) is 36.2 Å². The topological polar surface area (TPSA) is 12.5 Å². The van der Waals surface area contributed by atoms with Crippen LogP contribution in [0.15, 0.2) is 60.7 Å². The molecule has 1 heterocycles. The van der Waals surface area contributed by atoms with Crippen molar-refractivity contribution in [2.75, 3.05) is 26.7 Å². The lowest BCUT2D eigenvalue weighted by Gasteiger charge is -2.51. The van der Waals surface area contributed by atoms with Crippen LogP contribution in [-0.4, -0.2) is 31.6 Å². The third kappa shape index (κ3) is 3.07. The molecule has 0 radical (unpaired) electrons. The highest BCUT2D eigenvalue weighted by Crippen LogP contribution is 2.51. The highest BCUT2D eigenvalue weighted by molar-refractivity contribution is 5.68. The lowest BCUT2D eigenvalue weighted by atomic mass is 9.59. The van der Waals surface area contributed by atoms with Gasteiger partial charge in [0.2, 0.25) is 0 Å². The number of likely N-dealkylation sites (tertiary alicyclic amines) is 1. The maximum absolute atomic E-state index is 5.55. The summed E-state index contributed by atoms with van der Waals surface area (Å²) < 4.78 is 5.55. The van der Waals surface area contributed by atoms with Crippen LogP contribution in [0, 0.1) is 5.92 Å². The van der Waals surface area contributed by atoms with E-state index < -0.39 is 0 Å². The molecule has 2 aromatic carbocycles. The zero-order valence-electron chi connectivity index (χ0n) is 15.9. The summed E-state index contributed by atoms with van der Waals surface area (Å²) >= 11 is 0. The van der Waals surface area contributed by atoms with Crippen LogP contribution in [-0.2, 0) is 5.41 Å². The van der Waals surface area contributed by atoms with E-state index in [0.717, 1.165) is 25.1 Å². The van der Waals surface area contributed by atoms with Crippen LogP contribution in [0.1, 0.15) is 37.3 Å². The van der Waals surface area contributed by atoms with Gasteiger partial charge in [-0.2, -0.15) is 0 Å². The summed E-state index contributed by atoms with van der Waals surface area (Å²) in [6.45, 7) is 5.82. The molecule has 2 aromatic rings. The number of methoxy groups -OCH3 is 1. The van der Waals surface area contributed by atoms with Gasteiger partial charge in [-0.15, -0.1) is 0 Å². The molecule has 2 nitrogen and oxygen atoms in total. The van der Waals surface area contributed by atoms with Crippen LogP contribution in [0.3, 0.4) is 0 Å². The second-order valence-electron chi connectivity index (χ2n) is 7.74. The van der Waals surface area contributed by atoms with Crippen molar-refractivity contribution in [1.82, 2.24) is 4.90 Å². The van der Waals surface area contributed by atoms with Crippen LogP contribution >= 0.6 is 0 Å². The summed E-state index contributed by atoms with van der Waals surface area (Å²) in [5, 5.41) is 0. The number of allylic oxidation sites excluding steroid dienone is 2. The van der Waals surface area contributed by atoms with Crippen molar-refractivity contribution in [1.29, 1.82) is 0 Å². The van der Waals surface area contributed by atoms with Gasteiger partial charge < -0.3 is 9.64 Å². The summed E-state index contributed by atoms with van der Waals surface area (Å²) in [6.07, 6.45) is 6.02. The molecule has 2 unspecified atom stereocenters. The first kappa shape index (κ1) is 17.4. The van der Waals surface area contributed by atoms with E-state index in [9.17, 15) is 0 Å². The minimum atomic E-state index is 0.222. The Hall–Kier alpha value is -2.06. The van der Waals surface area contributed by atoms with Gasteiger partial charge >= 0.3 is 0 Å². The maximum Gasteiger partial charge on any atom is 0.119 e. The molecule has 0 bridgehead atoms. The van der Waals surface area contributed by atoms with Crippen molar-refractivity contribution in [2.24, 2.45) is 5.92 Å². The van der Waals surface area contributed by atoms with Crippen molar-refractivity contribution in [3.8, 4) is 5.75 Å². The van der Waals surface area contributed by atoms with Gasteiger partial charge in [-0.3, -0.25) is 0 Å². The first-order valence-electron chi connectivity index (χ1n) is 9.86. The summed E-state index contributed by atoms with van der Waals surface area (Å²) in [7, 11) is 1.77. The second kappa shape index (κ2) is 7.28. The molecular weight excluding hydrogens is 318 g/mol. The standard InChI is InChI=1S/C24H29NO/c1-3-25-15-14-24(21-10-7-11-23(16-21)26-2)17-20(12-13-22(24)18-25)19-8-5-4-6-9-19/h4-12,16,22H,3,13-15,17-18H2,1-2H3. The average molecular weight is 348 g/mol. The molecule has 1 saturated heterocycles. The van der Waals surface area contributed by atoms with E-state index in [-0.39, 0.29) is 5.41 Å². The highest BCUT2D eigenvalue weighted by Gasteiger charge is 2.45. The summed E-state index contributed by atoms with van der Waals surface area (Å²) in [5.41, 5.74) is 4.57. The number of ether oxygens (including phenoxy) is 1. The van der Waals surface area contributed by atoms with Gasteiger partial charge in [-0.25, -0.2) is 0 Å². The summed E-state index contributed by atoms with van der Waals surface area (Å²) in [4.78, 5) is 2.62. The molecule has 2 aliphatic rings. The van der Waals surface area contributed by atoms with Crippen molar-refractivity contribution >= 4 is 5.57 Å². The fourth-order valence-corrected chi connectivity index (χ4v) is 4.94. The van der Waals surface area contributed by atoms with E-state index in [0.29, 0.717) is 5.92 Å². The van der Waals surface area contributed by atoms with Gasteiger partial charge in [0.1, 0.15) is 5.75 Å². The van der Waals surface area contributed by atoms with Gasteiger partial charge in [-0.1, -0.05) is 55.5 Å². The number of fused-ring (bicyclic) bond motifs is 1. The van der Waals surface area contributed by atoms with Gasteiger partial charge in [0.05, 0.1) is 7.11 Å². The molecule has 136 valence electrons. The normalized spacial score (nSPS) is 26.1. The Morgan fingerprint density at radius 1 is 1.12 bits per heavy atom. The molecule has 0 amide bonds. The molecule has 2 atom stereocenters. The Morgan fingerprint density at radius 2 is 1.96 bits per heavy atom. The van der Waals surface area contributed by atoms with Crippen LogP contribution in [0.2, 0.25) is 0 Å². The van der Waals surface area contributed by atoms with Gasteiger partial charge in [0.15, 0.2) is 0 Å². The number of benzene rings is 2. The molecule has 0 saturated carbocycles. The maximum atomic E-state index is 5.55. The number of nitrogens with zero attached hydrogens (tertiary/aromatic N) is 1. The van der Waals surface area contributed by atoms with Crippen molar-refractivity contribution in [3.05, 3.63) is 71.8 Å². The molecular formula is C24H29NO. The molecule has 0 N–H and O–H groups in total. The van der Waals surface area contributed by atoms with E-state index >= 15 is 0 Å². The second-order valence-corrected chi connectivity index (χ2v) is 7.74. The Bertz CT molecular complexity index is 782. The number of piperidine rings is 1. The monoisotopic (exact) mass is 347 g/mol. The van der Waals surface area contributed by atoms with Crippen LogP contribution in [0.4, 0.5) is 0 Å². The SMILES string of the molecule is CCN1CCC2(c3cccc(OC)c3)CC(c3ccccc3)=CCC2C1. The lowest BCUT2D eigenvalue weighted by molar-refractivity contribution is 0.0934. The Labute approximate surface area is 157 Å². The molecule has 2 heteroatoms. The molecule has 1 aliphatic heterocycles. The largest absolute Gasteiger partial charge is 0.497 e. The summed E-state index contributed by atoms with van der Waals surface area (Å²) in [6, 6.07) is 19.8. The fourth-order valence-electron chi connectivity index (χ4n) is 4.94. The predicted octanol–water partition coefficient (Wildman–Crippen LogP) is 5.15. The minimum absolute atomic E-state index is 0.222. The van der Waals surface area contributed by atoms with Gasteiger partial charge in [-0.05, 0) is 67.1 Å². The van der Waals surface area contributed by atoms with Gasteiger partial charge in [0.25, 0.3) is 0 Å². The van der Waals surface area contributed by atoms with E-state index in [4.69, 9.17) is 4.74 Å². The third-order valence-electron chi connectivity index (χ3n) is 6.53. The van der Waals surface area contributed by atoms with Crippen LogP contribution in [0.25, 0.3) is 5.57 Å². The Kier molecular flexibility index (Phi) is 4.86. The number of rotatable bonds is 4. The van der Waals surface area contributed by atoms with E-state index in [1.807, 2.05) is 0 Å². The molecule has 0 spiro atoms. The highest BCUT2D eigenvalue weighted by atomic mass is 16.5. The molecule has 1 fully saturated rings. The molecule has 26 heavy (non-hydrogen) atoms. The summed E-state index contributed by atoms with van der Waals surface area (Å²) in [5.74, 6) is 1.65. The molecule has 4 rings (SSSR count). The average Bonchev–Trinajstić information content (AvgIpc) is 2.73. The first-order chi connectivity index (χ1) is 12.7. The number of hydrogen-bond donors (Lipinski definition) is 0. The van der Waals surface area contributed by atoms with Crippen molar-refractivity contribution in [2.45, 2.75) is 31.6 Å². The van der Waals surface area contributed by atoms with Crippen molar-refractivity contribution < 1.29 is 4.74 Å². The molecule has 1 aliphatic carbocycles. The quantitative estimate of drug-likeness (QED) is 0.758. The van der Waals surface area contributed by atoms with E-state index in [1.54, 1.807) is 7.11 Å². The van der Waals surface area contributed by atoms with Crippen LogP contribution < -0.4 is 4.74 Å². The zero-order chi connectivity index (χ0) is 18.0. The predicted molar refractivity (Wildman–Crippen MR) is 109 cm³/mol. The third-order valence-corrected chi connectivity index (χ3v) is 6.53. The van der Waals surface area contributed by atoms with Gasteiger partial charge in [0, 0.05) is 12.0 Å². The minimum Gasteiger partial charge on any atom is -0.497 e.